The van der Waals surface area contributed by atoms with Gasteiger partial charge in [0.1, 0.15) is 17.9 Å². The summed E-state index contributed by atoms with van der Waals surface area (Å²) in [7, 11) is 0. The van der Waals surface area contributed by atoms with Gasteiger partial charge in [-0.2, -0.15) is 0 Å². The first kappa shape index (κ1) is 20.6. The zero-order valence-corrected chi connectivity index (χ0v) is 16.7. The van der Waals surface area contributed by atoms with Gasteiger partial charge in [-0.05, 0) is 28.8 Å². The predicted molar refractivity (Wildman–Crippen MR) is 120 cm³/mol. The second-order valence-electron chi connectivity index (χ2n) is 6.90. The Morgan fingerprint density at radius 2 is 1.75 bits per heavy atom. The first-order valence-electron chi connectivity index (χ1n) is 9.57. The first-order chi connectivity index (χ1) is 15.5. The maximum Gasteiger partial charge on any atom is 0.355 e. The number of benzene rings is 3. The molecule has 1 heterocycles. The van der Waals surface area contributed by atoms with E-state index in [0.717, 1.165) is 5.56 Å². The molecule has 0 aliphatic heterocycles. The minimum Gasteiger partial charge on any atom is -0.487 e. The molecule has 0 fully saturated rings. The van der Waals surface area contributed by atoms with Crippen LogP contribution in [0.15, 0.2) is 72.8 Å². The minimum absolute atomic E-state index is 0.0542. The van der Waals surface area contributed by atoms with Crippen LogP contribution in [-0.2, 0) is 6.61 Å². The summed E-state index contributed by atoms with van der Waals surface area (Å²) in [6, 6.07) is 21.9. The number of rotatable bonds is 5. The normalized spacial score (nSPS) is 10.5. The summed E-state index contributed by atoms with van der Waals surface area (Å²) in [5.41, 5.74) is 2.77. The van der Waals surface area contributed by atoms with Crippen molar-refractivity contribution in [2.75, 3.05) is 0 Å². The van der Waals surface area contributed by atoms with E-state index in [9.17, 15) is 20.0 Å². The highest BCUT2D eigenvalue weighted by Crippen LogP contribution is 2.35. The largest absolute Gasteiger partial charge is 0.487 e. The topological polar surface area (TPSA) is 103 Å². The minimum atomic E-state index is -1.39. The SMILES string of the molecule is C#Cc1c(C(=O)O)nc2c([N+](=O)[O-])cccc2c1OCc1ccccc1.c1cc2cc-2c1. The highest BCUT2D eigenvalue weighted by atomic mass is 16.6. The van der Waals surface area contributed by atoms with Gasteiger partial charge in [-0.1, -0.05) is 60.5 Å². The van der Waals surface area contributed by atoms with Crippen LogP contribution in [-0.4, -0.2) is 21.0 Å². The van der Waals surface area contributed by atoms with Crippen molar-refractivity contribution in [2.24, 2.45) is 0 Å². The second kappa shape index (κ2) is 8.58. The number of aromatic nitrogens is 1. The first-order valence-corrected chi connectivity index (χ1v) is 9.57. The van der Waals surface area contributed by atoms with E-state index in [1.54, 1.807) is 6.07 Å². The van der Waals surface area contributed by atoms with Crippen LogP contribution in [0.1, 0.15) is 21.6 Å². The van der Waals surface area contributed by atoms with E-state index in [4.69, 9.17) is 11.2 Å². The number of carboxylic acid groups (broad SMARTS) is 1. The molecule has 1 N–H and O–H groups in total. The summed E-state index contributed by atoms with van der Waals surface area (Å²) in [4.78, 5) is 26.1. The molecular weight excluding hydrogens is 408 g/mol. The zero-order chi connectivity index (χ0) is 22.7. The number of pyridine rings is 1. The average molecular weight is 424 g/mol. The van der Waals surface area contributed by atoms with E-state index in [1.807, 2.05) is 30.3 Å². The number of nitro groups is 1. The van der Waals surface area contributed by atoms with Gasteiger partial charge in [0.2, 0.25) is 0 Å². The lowest BCUT2D eigenvalue weighted by Gasteiger charge is -2.13. The monoisotopic (exact) mass is 424 g/mol. The quantitative estimate of drug-likeness (QED) is 0.240. The average Bonchev–Trinajstić information content (AvgIpc) is 3.41. The molecule has 3 aromatic rings. The Bertz CT molecular complexity index is 1370. The van der Waals surface area contributed by atoms with Crippen LogP contribution >= 0.6 is 0 Å². The van der Waals surface area contributed by atoms with E-state index >= 15 is 0 Å². The molecule has 32 heavy (non-hydrogen) atoms. The van der Waals surface area contributed by atoms with Gasteiger partial charge in [0.25, 0.3) is 5.69 Å². The Hall–Kier alpha value is -4.70. The maximum atomic E-state index is 11.5. The second-order valence-corrected chi connectivity index (χ2v) is 6.90. The molecule has 0 radical (unpaired) electrons. The number of hydrogen-bond donors (Lipinski definition) is 1. The number of fused-ring (bicyclic) bond motifs is 2. The third-order valence-electron chi connectivity index (χ3n) is 4.83. The number of carbonyl (C=O) groups is 1. The van der Waals surface area contributed by atoms with Crippen molar-refractivity contribution in [1.29, 1.82) is 0 Å². The van der Waals surface area contributed by atoms with Gasteiger partial charge in [-0.25, -0.2) is 9.78 Å². The Labute approximate surface area is 183 Å². The lowest BCUT2D eigenvalue weighted by molar-refractivity contribution is -0.383. The van der Waals surface area contributed by atoms with E-state index in [0.29, 0.717) is 0 Å². The Morgan fingerprint density at radius 1 is 1.06 bits per heavy atom. The summed E-state index contributed by atoms with van der Waals surface area (Å²) in [5, 5.41) is 21.0. The molecule has 156 valence electrons. The highest BCUT2D eigenvalue weighted by molar-refractivity contribution is 6.00. The number of terminal acetylenes is 1. The number of nitro benzene ring substituents is 1. The van der Waals surface area contributed by atoms with Crippen molar-refractivity contribution < 1.29 is 19.6 Å². The van der Waals surface area contributed by atoms with Crippen molar-refractivity contribution in [1.82, 2.24) is 4.98 Å². The molecule has 1 aromatic heterocycles. The molecule has 2 aliphatic rings. The molecule has 2 aromatic carbocycles. The number of carboxylic acids is 1. The summed E-state index contributed by atoms with van der Waals surface area (Å²) >= 11 is 0. The van der Waals surface area contributed by atoms with Gasteiger partial charge < -0.3 is 9.84 Å². The van der Waals surface area contributed by atoms with Crippen LogP contribution in [0.4, 0.5) is 5.69 Å². The van der Waals surface area contributed by atoms with Crippen molar-refractivity contribution in [3.8, 4) is 29.2 Å². The number of para-hydroxylation sites is 1. The van der Waals surface area contributed by atoms with Gasteiger partial charge in [-0.15, -0.1) is 6.42 Å². The van der Waals surface area contributed by atoms with Crippen LogP contribution < -0.4 is 4.74 Å². The van der Waals surface area contributed by atoms with Crippen LogP contribution in [0.3, 0.4) is 0 Å². The molecule has 2 aliphatic carbocycles. The number of aromatic carboxylic acids is 1. The molecule has 0 bridgehead atoms. The molecule has 7 heteroatoms. The van der Waals surface area contributed by atoms with Crippen LogP contribution in [0, 0.1) is 22.5 Å². The van der Waals surface area contributed by atoms with Crippen molar-refractivity contribution in [3.63, 3.8) is 0 Å². The van der Waals surface area contributed by atoms with E-state index < -0.39 is 16.6 Å². The summed E-state index contributed by atoms with van der Waals surface area (Å²) in [6.07, 6.45) is 5.48. The molecule has 7 nitrogen and oxygen atoms in total. The van der Waals surface area contributed by atoms with E-state index in [-0.39, 0.29) is 34.5 Å². The molecule has 0 saturated carbocycles. The summed E-state index contributed by atoms with van der Waals surface area (Å²) < 4.78 is 5.78. The van der Waals surface area contributed by atoms with Crippen LogP contribution in [0.25, 0.3) is 22.0 Å². The van der Waals surface area contributed by atoms with Crippen molar-refractivity contribution >= 4 is 22.6 Å². The van der Waals surface area contributed by atoms with Gasteiger partial charge >= 0.3 is 5.97 Å². The number of non-ortho nitro benzene ring substituents is 1. The fourth-order valence-corrected chi connectivity index (χ4v) is 3.23. The fourth-order valence-electron chi connectivity index (χ4n) is 3.23. The molecule has 0 atom stereocenters. The van der Waals surface area contributed by atoms with Gasteiger partial charge in [0, 0.05) is 6.07 Å². The Kier molecular flexibility index (Phi) is 5.51. The van der Waals surface area contributed by atoms with E-state index in [2.05, 4.69) is 35.2 Å². The third kappa shape index (κ3) is 4.11. The van der Waals surface area contributed by atoms with Gasteiger partial charge in [0.05, 0.1) is 10.3 Å². The van der Waals surface area contributed by atoms with Crippen molar-refractivity contribution in [3.05, 3.63) is 99.7 Å². The molecule has 0 unspecified atom stereocenters. The molecule has 5 rings (SSSR count). The van der Waals surface area contributed by atoms with Crippen LogP contribution in [0.2, 0.25) is 0 Å². The molecular formula is C25H16N2O5. The summed E-state index contributed by atoms with van der Waals surface area (Å²) in [5.74, 6) is 0.984. The standard InChI is InChI=1S/C19H12N2O5.C6H4/c1-2-13-17(19(22)23)20-16-14(9-6-10-15(16)21(24)25)18(13)26-11-12-7-4-3-5-8-12;1-2-5-4-6(5)3-1/h1,3-10H,11H2,(H,22,23);1-4H. The lowest BCUT2D eigenvalue weighted by Crippen LogP contribution is -2.09. The number of nitrogens with zero attached hydrogens (tertiary/aromatic N) is 2. The molecule has 0 amide bonds. The van der Waals surface area contributed by atoms with Gasteiger partial charge in [0.15, 0.2) is 11.2 Å². The molecule has 0 spiro atoms. The van der Waals surface area contributed by atoms with Crippen molar-refractivity contribution in [2.45, 2.75) is 6.61 Å². The zero-order valence-electron chi connectivity index (χ0n) is 16.7. The smallest absolute Gasteiger partial charge is 0.355 e. The van der Waals surface area contributed by atoms with E-state index in [1.165, 1.54) is 23.3 Å². The van der Waals surface area contributed by atoms with Crippen LogP contribution in [0.5, 0.6) is 5.75 Å². The lowest BCUT2D eigenvalue weighted by atomic mass is 10.1. The Morgan fingerprint density at radius 3 is 2.28 bits per heavy atom. The summed E-state index contributed by atoms with van der Waals surface area (Å²) in [6.45, 7) is 0.121. The third-order valence-corrected chi connectivity index (χ3v) is 4.83. The number of hydrogen-bond acceptors (Lipinski definition) is 5. The predicted octanol–water partition coefficient (Wildman–Crippen LogP) is 5.07. The van der Waals surface area contributed by atoms with Gasteiger partial charge in [-0.3, -0.25) is 10.1 Å². The fraction of sp³-hybridized carbons (Fsp3) is 0.0400. The maximum absolute atomic E-state index is 11.5. The Balaban J connectivity index is 0.000000346. The highest BCUT2D eigenvalue weighted by Gasteiger charge is 2.24. The number of ether oxygens (including phenoxy) is 1. The molecule has 0 saturated heterocycles.